The summed E-state index contributed by atoms with van der Waals surface area (Å²) in [6.45, 7) is 1.63. The second kappa shape index (κ2) is 6.51. The predicted octanol–water partition coefficient (Wildman–Crippen LogP) is 2.35. The highest BCUT2D eigenvalue weighted by atomic mass is 79.9. The average molecular weight is 335 g/mol. The summed E-state index contributed by atoms with van der Waals surface area (Å²) in [6, 6.07) is 1.02. The van der Waals surface area contributed by atoms with E-state index in [1.165, 1.54) is 14.2 Å². The van der Waals surface area contributed by atoms with Gasteiger partial charge in [-0.2, -0.15) is 0 Å². The molecule has 0 saturated heterocycles. The Morgan fingerprint density at radius 1 is 1.26 bits per heavy atom. The first kappa shape index (κ1) is 15.4. The van der Waals surface area contributed by atoms with Crippen LogP contribution in [0.3, 0.4) is 0 Å². The number of ether oxygens (including phenoxy) is 3. The maximum Gasteiger partial charge on any atom is 0.379 e. The summed E-state index contributed by atoms with van der Waals surface area (Å²) in [5.41, 5.74) is -0.140. The van der Waals surface area contributed by atoms with Gasteiger partial charge >= 0.3 is 5.97 Å². The normalized spacial score (nSPS) is 9.95. The molecule has 0 spiro atoms. The third-order valence-corrected chi connectivity index (χ3v) is 2.86. The summed E-state index contributed by atoms with van der Waals surface area (Å²) in [5.74, 6) is -3.11. The fraction of sp³-hybridized carbons (Fsp3) is 0.333. The van der Waals surface area contributed by atoms with Crippen molar-refractivity contribution < 1.29 is 28.2 Å². The molecule has 0 amide bonds. The molecule has 1 aromatic carbocycles. The molecular weight excluding hydrogens is 323 g/mol. The first-order valence-electron chi connectivity index (χ1n) is 5.29. The summed E-state index contributed by atoms with van der Waals surface area (Å²) >= 11 is 3.02. The van der Waals surface area contributed by atoms with Crippen molar-refractivity contribution in [2.45, 2.75) is 6.92 Å². The lowest BCUT2D eigenvalue weighted by molar-refractivity contribution is -0.137. The maximum absolute atomic E-state index is 13.6. The van der Waals surface area contributed by atoms with E-state index in [9.17, 15) is 14.0 Å². The number of carbonyl (C=O) groups is 2. The Balaban J connectivity index is 3.41. The van der Waals surface area contributed by atoms with Gasteiger partial charge in [-0.1, -0.05) is 0 Å². The molecule has 0 atom stereocenters. The molecule has 104 valence electrons. The van der Waals surface area contributed by atoms with Gasteiger partial charge in [-0.25, -0.2) is 9.18 Å². The van der Waals surface area contributed by atoms with E-state index >= 15 is 0 Å². The van der Waals surface area contributed by atoms with Crippen molar-refractivity contribution in [1.29, 1.82) is 0 Å². The summed E-state index contributed by atoms with van der Waals surface area (Å²) in [5, 5.41) is 0. The smallest absolute Gasteiger partial charge is 0.379 e. The number of hydrogen-bond acceptors (Lipinski definition) is 5. The molecule has 1 aromatic rings. The van der Waals surface area contributed by atoms with Crippen molar-refractivity contribution in [2.75, 3.05) is 20.8 Å². The van der Waals surface area contributed by atoms with E-state index in [-0.39, 0.29) is 28.1 Å². The second-order valence-corrected chi connectivity index (χ2v) is 4.19. The molecule has 0 unspecified atom stereocenters. The molecule has 1 rings (SSSR count). The highest BCUT2D eigenvalue weighted by molar-refractivity contribution is 9.10. The van der Waals surface area contributed by atoms with Crippen LogP contribution in [-0.2, 0) is 9.53 Å². The first-order valence-corrected chi connectivity index (χ1v) is 6.08. The Kier molecular flexibility index (Phi) is 5.29. The molecule has 7 heteroatoms. The number of rotatable bonds is 5. The van der Waals surface area contributed by atoms with Gasteiger partial charge in [0.05, 0.1) is 26.4 Å². The Labute approximate surface area is 117 Å². The maximum atomic E-state index is 13.6. The Bertz CT molecular complexity index is 515. The minimum absolute atomic E-state index is 0.0584. The van der Waals surface area contributed by atoms with E-state index in [2.05, 4.69) is 20.7 Å². The van der Waals surface area contributed by atoms with Gasteiger partial charge in [0.25, 0.3) is 5.78 Å². The number of ketones is 1. The van der Waals surface area contributed by atoms with Crippen LogP contribution in [0.15, 0.2) is 10.5 Å². The fourth-order valence-corrected chi connectivity index (χ4v) is 2.04. The van der Waals surface area contributed by atoms with Crippen LogP contribution in [0.5, 0.6) is 11.5 Å². The molecule has 5 nitrogen and oxygen atoms in total. The van der Waals surface area contributed by atoms with Crippen molar-refractivity contribution in [3.05, 3.63) is 21.9 Å². The van der Waals surface area contributed by atoms with Crippen molar-refractivity contribution in [3.8, 4) is 11.5 Å². The van der Waals surface area contributed by atoms with Crippen molar-refractivity contribution in [1.82, 2.24) is 0 Å². The van der Waals surface area contributed by atoms with E-state index in [0.29, 0.717) is 0 Å². The van der Waals surface area contributed by atoms with E-state index in [0.717, 1.165) is 6.07 Å². The van der Waals surface area contributed by atoms with Gasteiger partial charge in [0.2, 0.25) is 0 Å². The van der Waals surface area contributed by atoms with Crippen LogP contribution in [0.25, 0.3) is 0 Å². The van der Waals surface area contributed by atoms with Crippen LogP contribution in [-0.4, -0.2) is 32.6 Å². The van der Waals surface area contributed by atoms with E-state index in [4.69, 9.17) is 9.47 Å². The molecule has 0 fully saturated rings. The zero-order chi connectivity index (χ0) is 14.6. The van der Waals surface area contributed by atoms with E-state index < -0.39 is 17.6 Å². The zero-order valence-electron chi connectivity index (χ0n) is 10.6. The first-order chi connectivity index (χ1) is 8.97. The van der Waals surface area contributed by atoms with Gasteiger partial charge in [-0.05, 0) is 28.9 Å². The number of hydrogen-bond donors (Lipinski definition) is 0. The lowest BCUT2D eigenvalue weighted by atomic mass is 10.1. The highest BCUT2D eigenvalue weighted by Gasteiger charge is 2.29. The minimum Gasteiger partial charge on any atom is -0.492 e. The molecule has 0 aliphatic rings. The molecule has 0 aliphatic carbocycles. The van der Waals surface area contributed by atoms with Gasteiger partial charge in [-0.3, -0.25) is 4.79 Å². The highest BCUT2D eigenvalue weighted by Crippen LogP contribution is 2.38. The molecule has 0 aliphatic heterocycles. The van der Waals surface area contributed by atoms with Gasteiger partial charge in [-0.15, -0.1) is 0 Å². The molecule has 0 radical (unpaired) electrons. The summed E-state index contributed by atoms with van der Waals surface area (Å²) in [4.78, 5) is 23.4. The number of Topliss-reactive ketones (excluding diaryl/α,β-unsaturated/α-hetero) is 1. The third kappa shape index (κ3) is 3.04. The standard InChI is InChI=1S/C12H12BrFO5/c1-4-19-12(16)9(15)8-6(13)5-7(14)10(17-2)11(8)18-3/h5H,4H2,1-3H3. The van der Waals surface area contributed by atoms with Crippen molar-refractivity contribution in [2.24, 2.45) is 0 Å². The zero-order valence-corrected chi connectivity index (χ0v) is 12.2. The molecular formula is C12H12BrFO5. The quantitative estimate of drug-likeness (QED) is 0.470. The molecule has 0 saturated carbocycles. The number of esters is 1. The number of carbonyl (C=O) groups excluding carboxylic acids is 2. The van der Waals surface area contributed by atoms with Crippen molar-refractivity contribution >= 4 is 27.7 Å². The topological polar surface area (TPSA) is 61.8 Å². The number of halogens is 2. The van der Waals surface area contributed by atoms with E-state index in [1.807, 2.05) is 0 Å². The SMILES string of the molecule is CCOC(=O)C(=O)c1c(Br)cc(F)c(OC)c1OC. The second-order valence-electron chi connectivity index (χ2n) is 3.33. The van der Waals surface area contributed by atoms with Crippen LogP contribution in [0.2, 0.25) is 0 Å². The average Bonchev–Trinajstić information content (AvgIpc) is 2.37. The lowest BCUT2D eigenvalue weighted by Gasteiger charge is -2.13. The van der Waals surface area contributed by atoms with Crippen LogP contribution < -0.4 is 9.47 Å². The summed E-state index contributed by atoms with van der Waals surface area (Å²) in [6.07, 6.45) is 0. The lowest BCUT2D eigenvalue weighted by Crippen LogP contribution is -2.19. The molecule has 0 heterocycles. The molecule has 19 heavy (non-hydrogen) atoms. The largest absolute Gasteiger partial charge is 0.492 e. The monoisotopic (exact) mass is 334 g/mol. The van der Waals surface area contributed by atoms with Crippen LogP contribution in [0.1, 0.15) is 17.3 Å². The fourth-order valence-electron chi connectivity index (χ4n) is 1.47. The predicted molar refractivity (Wildman–Crippen MR) is 68.2 cm³/mol. The Morgan fingerprint density at radius 2 is 1.84 bits per heavy atom. The van der Waals surface area contributed by atoms with Crippen LogP contribution in [0.4, 0.5) is 4.39 Å². The summed E-state index contributed by atoms with van der Waals surface area (Å²) < 4.78 is 28.1. The van der Waals surface area contributed by atoms with Gasteiger partial charge in [0.1, 0.15) is 0 Å². The number of methoxy groups -OCH3 is 2. The number of benzene rings is 1. The molecule has 0 bridgehead atoms. The Morgan fingerprint density at radius 3 is 2.32 bits per heavy atom. The van der Waals surface area contributed by atoms with Gasteiger partial charge < -0.3 is 14.2 Å². The third-order valence-electron chi connectivity index (χ3n) is 2.24. The van der Waals surface area contributed by atoms with Gasteiger partial charge in [0.15, 0.2) is 17.3 Å². The molecule has 0 N–H and O–H groups in total. The summed E-state index contributed by atoms with van der Waals surface area (Å²) in [7, 11) is 2.47. The van der Waals surface area contributed by atoms with Gasteiger partial charge in [0, 0.05) is 4.47 Å². The van der Waals surface area contributed by atoms with E-state index in [1.54, 1.807) is 6.92 Å². The van der Waals surface area contributed by atoms with Crippen molar-refractivity contribution in [3.63, 3.8) is 0 Å². The Hall–Kier alpha value is -1.63. The van der Waals surface area contributed by atoms with Crippen LogP contribution >= 0.6 is 15.9 Å². The van der Waals surface area contributed by atoms with Crippen LogP contribution in [0, 0.1) is 5.82 Å². The molecule has 0 aromatic heterocycles. The minimum atomic E-state index is -1.05.